The average Bonchev–Trinajstić information content (AvgIpc) is 2.65. The van der Waals surface area contributed by atoms with Gasteiger partial charge in [0.1, 0.15) is 0 Å². The predicted octanol–water partition coefficient (Wildman–Crippen LogP) is 3.60. The van der Waals surface area contributed by atoms with Gasteiger partial charge in [0.25, 0.3) is 20.0 Å². The van der Waals surface area contributed by atoms with Crippen LogP contribution < -0.4 is 9.44 Å². The molecule has 0 fully saturated rings. The Kier molecular flexibility index (Phi) is 5.20. The summed E-state index contributed by atoms with van der Waals surface area (Å²) in [7, 11) is -7.54. The van der Waals surface area contributed by atoms with Crippen LogP contribution in [-0.4, -0.2) is 16.8 Å². The van der Waals surface area contributed by atoms with Crippen molar-refractivity contribution in [3.8, 4) is 0 Å². The van der Waals surface area contributed by atoms with E-state index in [9.17, 15) is 16.8 Å². The maximum absolute atomic E-state index is 12.5. The molecule has 27 heavy (non-hydrogen) atoms. The summed E-state index contributed by atoms with van der Waals surface area (Å²) in [5.41, 5.74) is 1.22. The second-order valence-electron chi connectivity index (χ2n) is 5.87. The molecule has 0 heterocycles. The molecule has 0 aliphatic heterocycles. The fourth-order valence-corrected chi connectivity index (χ4v) is 4.63. The van der Waals surface area contributed by atoms with Crippen LogP contribution >= 0.6 is 0 Å². The van der Waals surface area contributed by atoms with Gasteiger partial charge in [-0.05, 0) is 48.9 Å². The normalized spacial score (nSPS) is 11.7. The minimum absolute atomic E-state index is 0.122. The predicted molar refractivity (Wildman–Crippen MR) is 106 cm³/mol. The van der Waals surface area contributed by atoms with Gasteiger partial charge >= 0.3 is 0 Å². The van der Waals surface area contributed by atoms with Crippen LogP contribution in [0.25, 0.3) is 0 Å². The van der Waals surface area contributed by atoms with E-state index in [-0.39, 0.29) is 15.5 Å². The summed E-state index contributed by atoms with van der Waals surface area (Å²) in [6.07, 6.45) is 0. The molecule has 0 aliphatic carbocycles. The van der Waals surface area contributed by atoms with E-state index in [1.54, 1.807) is 55.5 Å². The standard InChI is InChI=1S/C19H18N2O4S2/c1-15-12-13-16(20-26(22,23)17-8-4-2-5-9-17)14-19(15)21-27(24,25)18-10-6-3-7-11-18/h2-14,20-21H,1H3. The molecule has 0 saturated heterocycles. The number of hydrogen-bond donors (Lipinski definition) is 2. The van der Waals surface area contributed by atoms with Gasteiger partial charge in [-0.15, -0.1) is 0 Å². The van der Waals surface area contributed by atoms with Crippen LogP contribution in [0.4, 0.5) is 11.4 Å². The van der Waals surface area contributed by atoms with Crippen molar-refractivity contribution in [1.82, 2.24) is 0 Å². The van der Waals surface area contributed by atoms with Crippen LogP contribution in [0.2, 0.25) is 0 Å². The molecule has 0 spiro atoms. The minimum Gasteiger partial charge on any atom is -0.280 e. The summed E-state index contributed by atoms with van der Waals surface area (Å²) >= 11 is 0. The lowest BCUT2D eigenvalue weighted by atomic mass is 10.2. The van der Waals surface area contributed by atoms with Gasteiger partial charge in [-0.25, -0.2) is 16.8 Å². The topological polar surface area (TPSA) is 92.3 Å². The first-order valence-electron chi connectivity index (χ1n) is 8.04. The van der Waals surface area contributed by atoms with Crippen molar-refractivity contribution in [2.75, 3.05) is 9.44 Å². The first kappa shape index (κ1) is 18.9. The van der Waals surface area contributed by atoms with Crippen molar-refractivity contribution in [3.05, 3.63) is 84.4 Å². The molecule has 0 bridgehead atoms. The summed E-state index contributed by atoms with van der Waals surface area (Å²) in [6.45, 7) is 1.73. The van der Waals surface area contributed by atoms with Crippen molar-refractivity contribution in [3.63, 3.8) is 0 Å². The summed E-state index contributed by atoms with van der Waals surface area (Å²) in [5, 5.41) is 0. The Morgan fingerprint density at radius 1 is 0.630 bits per heavy atom. The Morgan fingerprint density at radius 2 is 1.11 bits per heavy atom. The molecule has 140 valence electrons. The van der Waals surface area contributed by atoms with Gasteiger partial charge in [0.05, 0.1) is 21.2 Å². The van der Waals surface area contributed by atoms with E-state index in [1.165, 1.54) is 30.3 Å². The molecule has 0 amide bonds. The van der Waals surface area contributed by atoms with Crippen molar-refractivity contribution in [2.45, 2.75) is 16.7 Å². The smallest absolute Gasteiger partial charge is 0.261 e. The fourth-order valence-electron chi connectivity index (χ4n) is 2.41. The fraction of sp³-hybridized carbons (Fsp3) is 0.0526. The third-order valence-electron chi connectivity index (χ3n) is 3.84. The minimum atomic E-state index is -3.78. The van der Waals surface area contributed by atoms with Crippen LogP contribution in [-0.2, 0) is 20.0 Å². The highest BCUT2D eigenvalue weighted by molar-refractivity contribution is 7.93. The second kappa shape index (κ2) is 7.42. The van der Waals surface area contributed by atoms with Crippen LogP contribution in [0, 0.1) is 6.92 Å². The van der Waals surface area contributed by atoms with Gasteiger partial charge in [-0.3, -0.25) is 9.44 Å². The molecule has 0 unspecified atom stereocenters. The Balaban J connectivity index is 1.89. The van der Waals surface area contributed by atoms with Crippen molar-refractivity contribution in [2.24, 2.45) is 0 Å². The largest absolute Gasteiger partial charge is 0.280 e. The molecule has 0 saturated carbocycles. The molecule has 2 N–H and O–H groups in total. The number of rotatable bonds is 6. The zero-order valence-electron chi connectivity index (χ0n) is 14.5. The molecule has 3 aromatic rings. The van der Waals surface area contributed by atoms with E-state index >= 15 is 0 Å². The summed E-state index contributed by atoms with van der Waals surface area (Å²) in [5.74, 6) is 0. The third-order valence-corrected chi connectivity index (χ3v) is 6.62. The number of sulfonamides is 2. The van der Waals surface area contributed by atoms with Crippen molar-refractivity contribution in [1.29, 1.82) is 0 Å². The zero-order chi connectivity index (χ0) is 19.5. The third kappa shape index (κ3) is 4.47. The maximum atomic E-state index is 12.5. The number of anilines is 2. The molecular formula is C19H18N2O4S2. The number of benzene rings is 3. The highest BCUT2D eigenvalue weighted by atomic mass is 32.2. The maximum Gasteiger partial charge on any atom is 0.261 e. The highest BCUT2D eigenvalue weighted by Crippen LogP contribution is 2.25. The first-order chi connectivity index (χ1) is 12.8. The molecule has 0 aromatic heterocycles. The molecule has 0 radical (unpaired) electrons. The summed E-state index contributed by atoms with van der Waals surface area (Å²) in [4.78, 5) is 0.247. The second-order valence-corrected chi connectivity index (χ2v) is 9.23. The van der Waals surface area contributed by atoms with E-state index in [2.05, 4.69) is 9.44 Å². The lowest BCUT2D eigenvalue weighted by Gasteiger charge is -2.13. The number of aryl methyl sites for hydroxylation is 1. The SMILES string of the molecule is Cc1ccc(NS(=O)(=O)c2ccccc2)cc1NS(=O)(=O)c1ccccc1. The van der Waals surface area contributed by atoms with E-state index in [0.29, 0.717) is 11.3 Å². The molecule has 3 aromatic carbocycles. The first-order valence-corrected chi connectivity index (χ1v) is 11.0. The Labute approximate surface area is 159 Å². The van der Waals surface area contributed by atoms with Crippen LogP contribution in [0.3, 0.4) is 0 Å². The monoisotopic (exact) mass is 402 g/mol. The van der Waals surface area contributed by atoms with Gasteiger partial charge in [-0.1, -0.05) is 42.5 Å². The average molecular weight is 402 g/mol. The van der Waals surface area contributed by atoms with E-state index in [1.807, 2.05) is 0 Å². The number of nitrogens with one attached hydrogen (secondary N) is 2. The van der Waals surface area contributed by atoms with Gasteiger partial charge in [0, 0.05) is 0 Å². The van der Waals surface area contributed by atoms with Gasteiger partial charge in [-0.2, -0.15) is 0 Å². The highest BCUT2D eigenvalue weighted by Gasteiger charge is 2.17. The molecule has 6 nitrogen and oxygen atoms in total. The Bertz CT molecular complexity index is 1140. The zero-order valence-corrected chi connectivity index (χ0v) is 16.1. The van der Waals surface area contributed by atoms with E-state index < -0.39 is 20.0 Å². The van der Waals surface area contributed by atoms with E-state index in [0.717, 1.165) is 0 Å². The van der Waals surface area contributed by atoms with E-state index in [4.69, 9.17) is 0 Å². The molecule has 0 atom stereocenters. The van der Waals surface area contributed by atoms with Gasteiger partial charge < -0.3 is 0 Å². The molecular weight excluding hydrogens is 384 g/mol. The van der Waals surface area contributed by atoms with Gasteiger partial charge in [0.15, 0.2) is 0 Å². The summed E-state index contributed by atoms with van der Waals surface area (Å²) in [6, 6.07) is 20.6. The van der Waals surface area contributed by atoms with Gasteiger partial charge in [0.2, 0.25) is 0 Å². The van der Waals surface area contributed by atoms with Crippen LogP contribution in [0.15, 0.2) is 88.7 Å². The van der Waals surface area contributed by atoms with Crippen LogP contribution in [0.5, 0.6) is 0 Å². The lowest BCUT2D eigenvalue weighted by molar-refractivity contribution is 0.599. The van der Waals surface area contributed by atoms with Crippen LogP contribution in [0.1, 0.15) is 5.56 Å². The lowest BCUT2D eigenvalue weighted by Crippen LogP contribution is -2.15. The molecule has 0 aliphatic rings. The van der Waals surface area contributed by atoms with Crippen molar-refractivity contribution >= 4 is 31.4 Å². The summed E-state index contributed by atoms with van der Waals surface area (Å²) < 4.78 is 54.9. The van der Waals surface area contributed by atoms with Crippen molar-refractivity contribution < 1.29 is 16.8 Å². The molecule has 3 rings (SSSR count). The Morgan fingerprint density at radius 3 is 1.63 bits per heavy atom. The molecule has 8 heteroatoms. The quantitative estimate of drug-likeness (QED) is 0.659. The number of hydrogen-bond acceptors (Lipinski definition) is 4. The Hall–Kier alpha value is -2.84.